The number of aliphatic imine (C=N–C) groups is 1. The number of aryl methyl sites for hydroxylation is 1. The van der Waals surface area contributed by atoms with Gasteiger partial charge in [-0.25, -0.2) is 4.79 Å². The summed E-state index contributed by atoms with van der Waals surface area (Å²) in [5.74, 6) is 0.351. The molecular formula is C19H31IN4O2. The van der Waals surface area contributed by atoms with Crippen LogP contribution >= 0.6 is 24.0 Å². The van der Waals surface area contributed by atoms with Gasteiger partial charge in [0.1, 0.15) is 5.60 Å². The van der Waals surface area contributed by atoms with Crippen molar-refractivity contribution in [3.63, 3.8) is 0 Å². The molecule has 3 N–H and O–H groups in total. The molecule has 1 aliphatic carbocycles. The highest BCUT2D eigenvalue weighted by atomic mass is 127. The zero-order valence-corrected chi connectivity index (χ0v) is 18.4. The van der Waals surface area contributed by atoms with Crippen LogP contribution < -0.4 is 11.1 Å². The van der Waals surface area contributed by atoms with Crippen molar-refractivity contribution in [2.75, 3.05) is 18.4 Å². The fourth-order valence-corrected chi connectivity index (χ4v) is 2.42. The second-order valence-electron chi connectivity index (χ2n) is 7.35. The third-order valence-corrected chi connectivity index (χ3v) is 3.87. The van der Waals surface area contributed by atoms with E-state index in [0.29, 0.717) is 19.0 Å². The van der Waals surface area contributed by atoms with Gasteiger partial charge in [-0.1, -0.05) is 19.1 Å². The molecule has 1 aliphatic rings. The summed E-state index contributed by atoms with van der Waals surface area (Å²) in [6.45, 7) is 8.70. The van der Waals surface area contributed by atoms with Gasteiger partial charge in [-0.05, 0) is 57.7 Å². The minimum Gasteiger partial charge on any atom is -0.444 e. The molecule has 0 heterocycles. The first kappa shape index (κ1) is 22.5. The largest absolute Gasteiger partial charge is 0.444 e. The standard InChI is InChI=1S/C19H30N4O2.HI/c1-5-14-6-8-15(9-7-14)22-17(20)21-12-13-23(16-10-11-16)18(24)25-19(2,3)4;/h6-9,16H,5,10-13H2,1-4H3,(H3,20,21,22);1H. The average Bonchev–Trinajstić information content (AvgIpc) is 3.35. The molecule has 0 spiro atoms. The fraction of sp³-hybridized carbons (Fsp3) is 0.579. The van der Waals surface area contributed by atoms with Crippen molar-refractivity contribution < 1.29 is 9.53 Å². The van der Waals surface area contributed by atoms with Gasteiger partial charge in [0, 0.05) is 18.3 Å². The molecule has 2 rings (SSSR count). The Bertz CT molecular complexity index is 607. The van der Waals surface area contributed by atoms with Gasteiger partial charge in [-0.15, -0.1) is 24.0 Å². The molecule has 1 amide bonds. The highest BCUT2D eigenvalue weighted by molar-refractivity contribution is 14.0. The van der Waals surface area contributed by atoms with Gasteiger partial charge in [0.15, 0.2) is 5.96 Å². The number of benzene rings is 1. The number of halogens is 1. The zero-order chi connectivity index (χ0) is 18.4. The van der Waals surface area contributed by atoms with E-state index in [2.05, 4.69) is 29.4 Å². The highest BCUT2D eigenvalue weighted by Crippen LogP contribution is 2.28. The molecule has 1 aromatic rings. The Kier molecular flexibility index (Phi) is 8.66. The first-order valence-corrected chi connectivity index (χ1v) is 8.94. The maximum Gasteiger partial charge on any atom is 0.410 e. The first-order valence-electron chi connectivity index (χ1n) is 8.94. The van der Waals surface area contributed by atoms with Gasteiger partial charge >= 0.3 is 6.09 Å². The molecule has 1 fully saturated rings. The second kappa shape index (κ2) is 9.99. The third kappa shape index (κ3) is 7.80. The van der Waals surface area contributed by atoms with Crippen LogP contribution in [0.5, 0.6) is 0 Å². The van der Waals surface area contributed by atoms with Crippen molar-refractivity contribution in [1.82, 2.24) is 4.90 Å². The summed E-state index contributed by atoms with van der Waals surface area (Å²) in [7, 11) is 0. The van der Waals surface area contributed by atoms with Gasteiger partial charge in [0.25, 0.3) is 0 Å². The summed E-state index contributed by atoms with van der Waals surface area (Å²) in [6.07, 6.45) is 2.79. The van der Waals surface area contributed by atoms with E-state index >= 15 is 0 Å². The molecule has 0 aliphatic heterocycles. The lowest BCUT2D eigenvalue weighted by atomic mass is 10.1. The maximum absolute atomic E-state index is 12.3. The van der Waals surface area contributed by atoms with Crippen LogP contribution in [0.15, 0.2) is 29.3 Å². The number of nitrogens with zero attached hydrogens (tertiary/aromatic N) is 2. The molecule has 0 saturated heterocycles. The summed E-state index contributed by atoms with van der Waals surface area (Å²) in [5, 5.41) is 3.07. The number of nitrogens with one attached hydrogen (secondary N) is 1. The molecule has 0 unspecified atom stereocenters. The fourth-order valence-electron chi connectivity index (χ4n) is 2.42. The van der Waals surface area contributed by atoms with E-state index in [1.807, 2.05) is 32.9 Å². The Hall–Kier alpha value is -1.51. The summed E-state index contributed by atoms with van der Waals surface area (Å²) in [6, 6.07) is 8.37. The Labute approximate surface area is 173 Å². The molecule has 7 heteroatoms. The van der Waals surface area contributed by atoms with Crippen LogP contribution in [0.4, 0.5) is 10.5 Å². The molecule has 0 aromatic heterocycles. The summed E-state index contributed by atoms with van der Waals surface area (Å²) >= 11 is 0. The van der Waals surface area contributed by atoms with Crippen LogP contribution in [0.25, 0.3) is 0 Å². The minimum atomic E-state index is -0.487. The number of anilines is 1. The van der Waals surface area contributed by atoms with Crippen molar-refractivity contribution in [2.45, 2.75) is 58.6 Å². The molecule has 0 atom stereocenters. The van der Waals surface area contributed by atoms with Gasteiger partial charge in [0.05, 0.1) is 6.54 Å². The third-order valence-electron chi connectivity index (χ3n) is 3.87. The van der Waals surface area contributed by atoms with Gasteiger partial charge in [0.2, 0.25) is 0 Å². The predicted molar refractivity (Wildman–Crippen MR) is 117 cm³/mol. The quantitative estimate of drug-likeness (QED) is 0.371. The van der Waals surface area contributed by atoms with Crippen LogP contribution in [0, 0.1) is 0 Å². The van der Waals surface area contributed by atoms with Crippen LogP contribution in [0.1, 0.15) is 46.1 Å². The van der Waals surface area contributed by atoms with Gasteiger partial charge in [-0.3, -0.25) is 4.99 Å². The van der Waals surface area contributed by atoms with Crippen molar-refractivity contribution in [2.24, 2.45) is 10.7 Å². The lowest BCUT2D eigenvalue weighted by Gasteiger charge is -2.27. The molecule has 6 nitrogen and oxygen atoms in total. The Morgan fingerprint density at radius 1 is 1.31 bits per heavy atom. The van der Waals surface area contributed by atoms with E-state index in [4.69, 9.17) is 10.5 Å². The Morgan fingerprint density at radius 3 is 2.42 bits per heavy atom. The van der Waals surface area contributed by atoms with E-state index in [1.54, 1.807) is 4.90 Å². The second-order valence-corrected chi connectivity index (χ2v) is 7.35. The number of rotatable bonds is 6. The predicted octanol–water partition coefficient (Wildman–Crippen LogP) is 3.99. The average molecular weight is 474 g/mol. The van der Waals surface area contributed by atoms with Crippen LogP contribution in [0.3, 0.4) is 0 Å². The zero-order valence-electron chi connectivity index (χ0n) is 16.1. The van der Waals surface area contributed by atoms with E-state index < -0.39 is 5.60 Å². The normalized spacial score (nSPS) is 14.4. The van der Waals surface area contributed by atoms with Crippen LogP contribution in [-0.2, 0) is 11.2 Å². The number of carbonyl (C=O) groups excluding carboxylic acids is 1. The SMILES string of the molecule is CCc1ccc(NC(N)=NCCN(C(=O)OC(C)(C)C)C2CC2)cc1.I. The summed E-state index contributed by atoms with van der Waals surface area (Å²) in [5.41, 5.74) is 7.63. The van der Waals surface area contributed by atoms with Crippen molar-refractivity contribution in [3.8, 4) is 0 Å². The number of hydrogen-bond acceptors (Lipinski definition) is 3. The summed E-state index contributed by atoms with van der Waals surface area (Å²) < 4.78 is 5.47. The summed E-state index contributed by atoms with van der Waals surface area (Å²) in [4.78, 5) is 18.4. The van der Waals surface area contributed by atoms with Crippen LogP contribution in [-0.4, -0.2) is 41.7 Å². The number of guanidine groups is 1. The van der Waals surface area contributed by atoms with E-state index in [-0.39, 0.29) is 36.1 Å². The number of amides is 1. The Morgan fingerprint density at radius 2 is 1.92 bits per heavy atom. The number of nitrogens with two attached hydrogens (primary N) is 1. The molecule has 1 saturated carbocycles. The van der Waals surface area contributed by atoms with Crippen molar-refractivity contribution in [1.29, 1.82) is 0 Å². The molecular weight excluding hydrogens is 443 g/mol. The minimum absolute atomic E-state index is 0. The molecule has 146 valence electrons. The molecule has 26 heavy (non-hydrogen) atoms. The smallest absolute Gasteiger partial charge is 0.410 e. The number of hydrogen-bond donors (Lipinski definition) is 2. The van der Waals surface area contributed by atoms with Crippen LogP contribution in [0.2, 0.25) is 0 Å². The van der Waals surface area contributed by atoms with Gasteiger partial charge in [-0.2, -0.15) is 0 Å². The maximum atomic E-state index is 12.3. The molecule has 0 radical (unpaired) electrons. The van der Waals surface area contributed by atoms with E-state index in [1.165, 1.54) is 5.56 Å². The first-order chi connectivity index (χ1) is 11.8. The molecule has 0 bridgehead atoms. The Balaban J connectivity index is 0.00000338. The number of carbonyl (C=O) groups is 1. The highest BCUT2D eigenvalue weighted by Gasteiger charge is 2.34. The van der Waals surface area contributed by atoms with E-state index in [0.717, 1.165) is 24.9 Å². The number of ether oxygens (including phenoxy) is 1. The lowest BCUT2D eigenvalue weighted by Crippen LogP contribution is -2.40. The lowest BCUT2D eigenvalue weighted by molar-refractivity contribution is 0.0240. The molecule has 1 aromatic carbocycles. The van der Waals surface area contributed by atoms with Crippen molar-refractivity contribution >= 4 is 41.7 Å². The topological polar surface area (TPSA) is 80.0 Å². The van der Waals surface area contributed by atoms with E-state index in [9.17, 15) is 4.79 Å². The van der Waals surface area contributed by atoms with Gasteiger partial charge < -0.3 is 20.7 Å². The monoisotopic (exact) mass is 474 g/mol. The van der Waals surface area contributed by atoms with Crippen molar-refractivity contribution in [3.05, 3.63) is 29.8 Å².